The smallest absolute Gasteiger partial charge is 0.207 e. The van der Waals surface area contributed by atoms with E-state index in [4.69, 9.17) is 11.5 Å². The van der Waals surface area contributed by atoms with Crippen LogP contribution >= 0.6 is 0 Å². The van der Waals surface area contributed by atoms with Crippen molar-refractivity contribution >= 4 is 6.41 Å². The highest BCUT2D eigenvalue weighted by Gasteiger charge is 2.08. The molecule has 3 N–H and O–H groups in total. The molecule has 96 valence electrons. The van der Waals surface area contributed by atoms with Gasteiger partial charge in [0.25, 0.3) is 0 Å². The van der Waals surface area contributed by atoms with Crippen LogP contribution in [0.1, 0.15) is 17.5 Å². The number of carbonyl (C=O) groups is 1. The molecule has 2 rings (SSSR count). The van der Waals surface area contributed by atoms with Crippen LogP contribution in [-0.4, -0.2) is 30.7 Å². The first-order valence-corrected chi connectivity index (χ1v) is 5.87. The molecule has 1 unspecified atom stereocenters. The van der Waals surface area contributed by atoms with E-state index in [1.807, 2.05) is 24.3 Å². The lowest BCUT2D eigenvalue weighted by Crippen LogP contribution is -2.11. The van der Waals surface area contributed by atoms with Crippen molar-refractivity contribution in [2.75, 3.05) is 13.1 Å². The van der Waals surface area contributed by atoms with E-state index < -0.39 is 0 Å². The third kappa shape index (κ3) is 5.48. The highest BCUT2D eigenvalue weighted by molar-refractivity contribution is 5.46. The highest BCUT2D eigenvalue weighted by atomic mass is 16.3. The van der Waals surface area contributed by atoms with E-state index in [2.05, 4.69) is 16.6 Å². The summed E-state index contributed by atoms with van der Waals surface area (Å²) >= 11 is 0. The van der Waals surface area contributed by atoms with Gasteiger partial charge in [0.15, 0.2) is 0 Å². The molecule has 18 heavy (non-hydrogen) atoms. The molecule has 0 saturated carbocycles. The maximum Gasteiger partial charge on any atom is 0.207 e. The number of aliphatic hydroxyl groups is 1. The average molecular weight is 246 g/mol. The first-order valence-electron chi connectivity index (χ1n) is 5.87. The molecule has 1 fully saturated rings. The fourth-order valence-electron chi connectivity index (χ4n) is 1.52. The Kier molecular flexibility index (Phi) is 6.55. The molecule has 1 aromatic carbocycles. The van der Waals surface area contributed by atoms with Crippen LogP contribution in [0.5, 0.6) is 0 Å². The van der Waals surface area contributed by atoms with Crippen molar-refractivity contribution in [3.8, 4) is 12.3 Å². The van der Waals surface area contributed by atoms with Crippen molar-refractivity contribution in [1.82, 2.24) is 10.6 Å². The molecule has 4 heteroatoms. The van der Waals surface area contributed by atoms with E-state index >= 15 is 0 Å². The number of β-amino-alcohol motifs (C(OH)–C–C–N with tert-alkyl or cyclic N) is 1. The van der Waals surface area contributed by atoms with Gasteiger partial charge in [0, 0.05) is 18.7 Å². The minimum absolute atomic E-state index is 0.0648. The van der Waals surface area contributed by atoms with Gasteiger partial charge in [-0.2, -0.15) is 0 Å². The quantitative estimate of drug-likeness (QED) is 0.529. The largest absolute Gasteiger partial charge is 0.392 e. The Morgan fingerprint density at radius 3 is 2.61 bits per heavy atom. The van der Waals surface area contributed by atoms with E-state index in [1.54, 1.807) is 0 Å². The zero-order chi connectivity index (χ0) is 13.2. The molecule has 0 spiro atoms. The topological polar surface area (TPSA) is 61.4 Å². The van der Waals surface area contributed by atoms with Gasteiger partial charge in [-0.3, -0.25) is 4.79 Å². The molecule has 1 amide bonds. The van der Waals surface area contributed by atoms with Gasteiger partial charge < -0.3 is 15.7 Å². The van der Waals surface area contributed by atoms with E-state index in [0.717, 1.165) is 30.6 Å². The number of carbonyl (C=O) groups excluding carboxylic acids is 1. The third-order valence-electron chi connectivity index (χ3n) is 2.54. The predicted octanol–water partition coefficient (Wildman–Crippen LogP) is 0.255. The summed E-state index contributed by atoms with van der Waals surface area (Å²) in [6.45, 7) is 2.33. The molecule has 0 bridgehead atoms. The number of amides is 1. The van der Waals surface area contributed by atoms with Gasteiger partial charge in [-0.15, -0.1) is 6.42 Å². The van der Waals surface area contributed by atoms with Crippen LogP contribution in [0.15, 0.2) is 24.3 Å². The summed E-state index contributed by atoms with van der Waals surface area (Å²) in [5.74, 6) is 2.52. The second-order valence-corrected chi connectivity index (χ2v) is 3.99. The van der Waals surface area contributed by atoms with Crippen molar-refractivity contribution in [2.45, 2.75) is 19.1 Å². The fourth-order valence-corrected chi connectivity index (χ4v) is 1.52. The minimum Gasteiger partial charge on any atom is -0.392 e. The molecule has 1 atom stereocenters. The Hall–Kier alpha value is -1.83. The second kappa shape index (κ2) is 8.29. The average Bonchev–Trinajstić information content (AvgIpc) is 2.89. The third-order valence-corrected chi connectivity index (χ3v) is 2.54. The molecule has 1 saturated heterocycles. The Labute approximate surface area is 107 Å². The summed E-state index contributed by atoms with van der Waals surface area (Å²) < 4.78 is 0. The predicted molar refractivity (Wildman–Crippen MR) is 70.8 cm³/mol. The first-order chi connectivity index (χ1) is 8.76. The molecular weight excluding hydrogens is 228 g/mol. The second-order valence-electron chi connectivity index (χ2n) is 3.99. The summed E-state index contributed by atoms with van der Waals surface area (Å²) in [5, 5.41) is 14.3. The van der Waals surface area contributed by atoms with Crippen LogP contribution < -0.4 is 10.6 Å². The van der Waals surface area contributed by atoms with Crippen LogP contribution in [-0.2, 0) is 11.3 Å². The molecule has 0 aromatic heterocycles. The number of hydrogen-bond donors (Lipinski definition) is 3. The van der Waals surface area contributed by atoms with Gasteiger partial charge in [-0.25, -0.2) is 0 Å². The van der Waals surface area contributed by atoms with Crippen molar-refractivity contribution in [2.24, 2.45) is 0 Å². The van der Waals surface area contributed by atoms with Gasteiger partial charge in [-0.1, -0.05) is 18.1 Å². The standard InChI is InChI=1S/C10H9NO.C4H9NO/c1-2-9-3-5-10(6-4-9)7-11-8-12;6-4-1-2-5-3-4/h1,3-6,8H,7H2,(H,11,12);4-6H,1-3H2. The Morgan fingerprint density at radius 2 is 2.22 bits per heavy atom. The highest BCUT2D eigenvalue weighted by Crippen LogP contribution is 2.02. The molecule has 4 nitrogen and oxygen atoms in total. The van der Waals surface area contributed by atoms with Crippen LogP contribution in [0, 0.1) is 12.3 Å². The fraction of sp³-hybridized carbons (Fsp3) is 0.357. The van der Waals surface area contributed by atoms with Crippen molar-refractivity contribution < 1.29 is 9.90 Å². The van der Waals surface area contributed by atoms with Gasteiger partial charge in [0.2, 0.25) is 6.41 Å². The number of terminal acetylenes is 1. The normalized spacial score (nSPS) is 17.2. The van der Waals surface area contributed by atoms with Crippen molar-refractivity contribution in [3.05, 3.63) is 35.4 Å². The lowest BCUT2D eigenvalue weighted by atomic mass is 10.1. The Bertz CT molecular complexity index is 389. The van der Waals surface area contributed by atoms with E-state index in [-0.39, 0.29) is 6.10 Å². The molecule has 1 aromatic rings. The number of rotatable bonds is 3. The van der Waals surface area contributed by atoms with Crippen molar-refractivity contribution in [3.63, 3.8) is 0 Å². The van der Waals surface area contributed by atoms with E-state index in [0.29, 0.717) is 13.0 Å². The summed E-state index contributed by atoms with van der Waals surface area (Å²) in [6.07, 6.45) is 6.72. The number of aliphatic hydroxyl groups excluding tert-OH is 1. The number of benzene rings is 1. The maximum absolute atomic E-state index is 9.96. The molecule has 0 aliphatic carbocycles. The molecular formula is C14H18N2O2. The number of nitrogens with one attached hydrogen (secondary N) is 2. The molecule has 0 radical (unpaired) electrons. The van der Waals surface area contributed by atoms with Gasteiger partial charge in [0.1, 0.15) is 0 Å². The van der Waals surface area contributed by atoms with E-state index in [1.165, 1.54) is 0 Å². The zero-order valence-electron chi connectivity index (χ0n) is 10.2. The van der Waals surface area contributed by atoms with Crippen molar-refractivity contribution in [1.29, 1.82) is 0 Å². The monoisotopic (exact) mass is 246 g/mol. The van der Waals surface area contributed by atoms with Crippen LogP contribution in [0.2, 0.25) is 0 Å². The summed E-state index contributed by atoms with van der Waals surface area (Å²) in [5.41, 5.74) is 1.89. The first kappa shape index (κ1) is 14.2. The molecule has 1 aliphatic rings. The van der Waals surface area contributed by atoms with Gasteiger partial charge in [0.05, 0.1) is 6.10 Å². The SMILES string of the molecule is C#Cc1ccc(CNC=O)cc1.OC1CCNC1. The summed E-state index contributed by atoms with van der Waals surface area (Å²) in [7, 11) is 0. The lowest BCUT2D eigenvalue weighted by molar-refractivity contribution is -0.109. The van der Waals surface area contributed by atoms with Crippen LogP contribution in [0.4, 0.5) is 0 Å². The minimum atomic E-state index is -0.0648. The maximum atomic E-state index is 9.96. The Morgan fingerprint density at radius 1 is 1.50 bits per heavy atom. The van der Waals surface area contributed by atoms with Crippen LogP contribution in [0.25, 0.3) is 0 Å². The zero-order valence-corrected chi connectivity index (χ0v) is 10.2. The lowest BCUT2D eigenvalue weighted by Gasteiger charge is -1.98. The van der Waals surface area contributed by atoms with Crippen LogP contribution in [0.3, 0.4) is 0 Å². The summed E-state index contributed by atoms with van der Waals surface area (Å²) in [4.78, 5) is 9.96. The van der Waals surface area contributed by atoms with E-state index in [9.17, 15) is 4.79 Å². The number of hydrogen-bond acceptors (Lipinski definition) is 3. The molecule has 1 heterocycles. The summed E-state index contributed by atoms with van der Waals surface area (Å²) in [6, 6.07) is 7.49. The molecule has 1 aliphatic heterocycles. The van der Waals surface area contributed by atoms with Gasteiger partial charge >= 0.3 is 0 Å². The van der Waals surface area contributed by atoms with Gasteiger partial charge in [-0.05, 0) is 30.7 Å². The Balaban J connectivity index is 0.000000225.